The highest BCUT2D eigenvalue weighted by Crippen LogP contribution is 2.47. The first kappa shape index (κ1) is 19.4. The number of hydrogen-bond acceptors (Lipinski definition) is 8. The third kappa shape index (κ3) is 2.50. The molecule has 8 nitrogen and oxygen atoms in total. The van der Waals surface area contributed by atoms with E-state index in [1.807, 2.05) is 0 Å². The second-order valence-corrected chi connectivity index (χ2v) is 7.50. The zero-order chi connectivity index (χ0) is 21.2. The molecule has 8 heteroatoms. The van der Waals surface area contributed by atoms with E-state index < -0.39 is 40.9 Å². The van der Waals surface area contributed by atoms with Crippen LogP contribution >= 0.6 is 0 Å². The fourth-order valence-corrected chi connectivity index (χ4v) is 4.21. The summed E-state index contributed by atoms with van der Waals surface area (Å²) < 4.78 is 10.3. The molecule has 152 valence electrons. The predicted molar refractivity (Wildman–Crippen MR) is 99.7 cm³/mol. The number of rotatable bonds is 2. The monoisotopic (exact) mass is 400 g/mol. The summed E-state index contributed by atoms with van der Waals surface area (Å²) in [7, 11) is 2.72. The molecule has 0 heterocycles. The molecule has 2 aromatic carbocycles. The lowest BCUT2D eigenvalue weighted by Gasteiger charge is -2.42. The van der Waals surface area contributed by atoms with Crippen LogP contribution in [0.15, 0.2) is 18.2 Å². The molecular formula is C21H20O8. The molecule has 0 fully saturated rings. The number of ether oxygens (including phenoxy) is 2. The molecule has 0 radical (unpaired) electrons. The minimum Gasteiger partial charge on any atom is -0.507 e. The van der Waals surface area contributed by atoms with E-state index >= 15 is 0 Å². The van der Waals surface area contributed by atoms with Gasteiger partial charge >= 0.3 is 0 Å². The molecule has 4 rings (SSSR count). The van der Waals surface area contributed by atoms with E-state index in [-0.39, 0.29) is 45.6 Å². The predicted octanol–water partition coefficient (Wildman–Crippen LogP) is 1.24. The molecule has 0 saturated carbocycles. The van der Waals surface area contributed by atoms with Gasteiger partial charge in [-0.15, -0.1) is 0 Å². The summed E-state index contributed by atoms with van der Waals surface area (Å²) in [6.45, 7) is 1.40. The van der Waals surface area contributed by atoms with E-state index in [9.17, 15) is 30.0 Å². The Labute approximate surface area is 165 Å². The molecule has 3 unspecified atom stereocenters. The fourth-order valence-electron chi connectivity index (χ4n) is 4.21. The van der Waals surface area contributed by atoms with Crippen LogP contribution in [-0.4, -0.2) is 57.9 Å². The Morgan fingerprint density at radius 1 is 1.03 bits per heavy atom. The Balaban J connectivity index is 1.98. The molecule has 29 heavy (non-hydrogen) atoms. The van der Waals surface area contributed by atoms with Crippen molar-refractivity contribution >= 4 is 11.6 Å². The van der Waals surface area contributed by atoms with Crippen LogP contribution in [0.5, 0.6) is 17.2 Å². The lowest BCUT2D eigenvalue weighted by atomic mass is 9.72. The van der Waals surface area contributed by atoms with E-state index in [2.05, 4.69) is 0 Å². The van der Waals surface area contributed by atoms with Crippen molar-refractivity contribution in [2.24, 2.45) is 0 Å². The summed E-state index contributed by atoms with van der Waals surface area (Å²) in [4.78, 5) is 26.2. The second kappa shape index (κ2) is 6.28. The molecule has 2 aliphatic rings. The molecular weight excluding hydrogens is 380 g/mol. The number of benzene rings is 2. The van der Waals surface area contributed by atoms with Crippen LogP contribution in [-0.2, 0) is 11.2 Å². The molecule has 0 aromatic heterocycles. The number of aromatic hydroxyl groups is 2. The average Bonchev–Trinajstić information content (AvgIpc) is 2.68. The number of phenols is 2. The van der Waals surface area contributed by atoms with Crippen molar-refractivity contribution in [1.29, 1.82) is 0 Å². The Bertz CT molecular complexity index is 1070. The Morgan fingerprint density at radius 3 is 2.31 bits per heavy atom. The van der Waals surface area contributed by atoms with Gasteiger partial charge in [0.05, 0.1) is 24.3 Å². The maximum Gasteiger partial charge on any atom is 0.201 e. The normalized spacial score (nSPS) is 25.3. The number of aliphatic hydroxyl groups is 2. The quantitative estimate of drug-likeness (QED) is 0.505. The van der Waals surface area contributed by atoms with Gasteiger partial charge in [-0.1, -0.05) is 0 Å². The summed E-state index contributed by atoms with van der Waals surface area (Å²) in [6.07, 6.45) is -2.26. The van der Waals surface area contributed by atoms with Crippen LogP contribution in [0.1, 0.15) is 56.0 Å². The first-order valence-corrected chi connectivity index (χ1v) is 8.95. The highest BCUT2D eigenvalue weighted by atomic mass is 16.5. The molecule has 0 bridgehead atoms. The van der Waals surface area contributed by atoms with Gasteiger partial charge in [-0.2, -0.15) is 0 Å². The number of carbonyl (C=O) groups is 2. The van der Waals surface area contributed by atoms with Crippen LogP contribution in [0.2, 0.25) is 0 Å². The summed E-state index contributed by atoms with van der Waals surface area (Å²) in [5.41, 5.74) is -1.94. The van der Waals surface area contributed by atoms with Gasteiger partial charge in [0.25, 0.3) is 0 Å². The molecule has 2 aliphatic carbocycles. The van der Waals surface area contributed by atoms with Gasteiger partial charge in [0.15, 0.2) is 5.78 Å². The lowest BCUT2D eigenvalue weighted by molar-refractivity contribution is -0.154. The fraction of sp³-hybridized carbons (Fsp3) is 0.333. The Kier molecular flexibility index (Phi) is 4.20. The van der Waals surface area contributed by atoms with E-state index in [1.165, 1.54) is 39.3 Å². The molecule has 0 aliphatic heterocycles. The van der Waals surface area contributed by atoms with Crippen molar-refractivity contribution < 1.29 is 39.5 Å². The van der Waals surface area contributed by atoms with Crippen molar-refractivity contribution in [3.63, 3.8) is 0 Å². The van der Waals surface area contributed by atoms with Gasteiger partial charge < -0.3 is 29.9 Å². The van der Waals surface area contributed by atoms with E-state index in [0.29, 0.717) is 0 Å². The maximum absolute atomic E-state index is 13.1. The van der Waals surface area contributed by atoms with Gasteiger partial charge in [0.1, 0.15) is 29.0 Å². The zero-order valence-corrected chi connectivity index (χ0v) is 16.0. The van der Waals surface area contributed by atoms with Crippen molar-refractivity contribution in [1.82, 2.24) is 0 Å². The third-order valence-corrected chi connectivity index (χ3v) is 5.88. The second-order valence-electron chi connectivity index (χ2n) is 7.50. The number of carbonyl (C=O) groups excluding carboxylic acids is 2. The van der Waals surface area contributed by atoms with Gasteiger partial charge in [0, 0.05) is 36.3 Å². The Morgan fingerprint density at radius 2 is 1.69 bits per heavy atom. The topological polar surface area (TPSA) is 134 Å². The van der Waals surface area contributed by atoms with Crippen molar-refractivity contribution in [3.8, 4) is 17.2 Å². The molecule has 4 N–H and O–H groups in total. The van der Waals surface area contributed by atoms with Crippen molar-refractivity contribution in [3.05, 3.63) is 51.6 Å². The first-order valence-electron chi connectivity index (χ1n) is 8.95. The first-order chi connectivity index (χ1) is 13.6. The number of phenolic OH excluding ortho intramolecular Hbond substituents is 2. The van der Waals surface area contributed by atoms with Crippen LogP contribution in [0.3, 0.4) is 0 Å². The summed E-state index contributed by atoms with van der Waals surface area (Å²) in [5, 5.41) is 42.5. The van der Waals surface area contributed by atoms with E-state index in [4.69, 9.17) is 9.47 Å². The van der Waals surface area contributed by atoms with Crippen molar-refractivity contribution in [2.45, 2.75) is 31.2 Å². The number of ketones is 2. The third-order valence-electron chi connectivity index (χ3n) is 5.88. The Hall–Kier alpha value is -2.94. The van der Waals surface area contributed by atoms with Gasteiger partial charge in [0.2, 0.25) is 5.78 Å². The van der Waals surface area contributed by atoms with Crippen molar-refractivity contribution in [2.75, 3.05) is 14.2 Å². The standard InChI is InChI=1S/C21H20O8/c1-21(27)14(29-3)7-9-10(20(21)26)6-12-16(18(9)24)19(25)15-11(17(12)23)4-8(28-2)5-13(15)22/h4-6,14,20,22,24,26-27H,7H2,1-3H3. The maximum atomic E-state index is 13.1. The highest BCUT2D eigenvalue weighted by molar-refractivity contribution is 6.30. The summed E-state index contributed by atoms with van der Waals surface area (Å²) in [5.74, 6) is -2.02. The van der Waals surface area contributed by atoms with Gasteiger partial charge in [-0.05, 0) is 24.6 Å². The highest BCUT2D eigenvalue weighted by Gasteiger charge is 2.48. The number of fused-ring (bicyclic) bond motifs is 3. The summed E-state index contributed by atoms with van der Waals surface area (Å²) in [6, 6.07) is 3.86. The van der Waals surface area contributed by atoms with Crippen LogP contribution < -0.4 is 4.74 Å². The average molecular weight is 400 g/mol. The SMILES string of the molecule is COc1cc(O)c2c(c1)C(=O)c1cc3c(c(O)c1C2=O)CC(OC)C(C)(O)C3O. The van der Waals surface area contributed by atoms with Crippen LogP contribution in [0.4, 0.5) is 0 Å². The minimum atomic E-state index is -1.66. The number of hydrogen-bond donors (Lipinski definition) is 4. The molecule has 3 atom stereocenters. The van der Waals surface area contributed by atoms with Gasteiger partial charge in [-0.3, -0.25) is 9.59 Å². The minimum absolute atomic E-state index is 0.0257. The number of methoxy groups -OCH3 is 2. The molecule has 0 amide bonds. The summed E-state index contributed by atoms with van der Waals surface area (Å²) >= 11 is 0. The largest absolute Gasteiger partial charge is 0.507 e. The van der Waals surface area contributed by atoms with Gasteiger partial charge in [-0.25, -0.2) is 0 Å². The number of aliphatic hydroxyl groups excluding tert-OH is 1. The lowest BCUT2D eigenvalue weighted by Crippen LogP contribution is -2.50. The smallest absolute Gasteiger partial charge is 0.201 e. The van der Waals surface area contributed by atoms with Crippen LogP contribution in [0, 0.1) is 0 Å². The van der Waals surface area contributed by atoms with E-state index in [0.717, 1.165) is 0 Å². The van der Waals surface area contributed by atoms with Crippen LogP contribution in [0.25, 0.3) is 0 Å². The molecule has 0 spiro atoms. The zero-order valence-electron chi connectivity index (χ0n) is 16.0. The molecule has 2 aromatic rings. The van der Waals surface area contributed by atoms with E-state index in [1.54, 1.807) is 0 Å². The molecule has 0 saturated heterocycles.